The van der Waals surface area contributed by atoms with Gasteiger partial charge in [-0.2, -0.15) is 0 Å². The number of carbonyl (C=O) groups excluding carboxylic acids is 2. The minimum atomic E-state index is -4.10. The Labute approximate surface area is 248 Å². The standard InChI is InChI=1S/C32H38ClN3O4S/c1-4-29(32(38)34-27-10-8-9-11-27)35(21-25-16-18-26(33)19-17-25)31(37)22-36(30-20-23(2)14-15-24(30)3)41(39,40)28-12-6-5-7-13-28/h5-7,12-20,27,29H,4,8-11,21-22H2,1-3H3,(H,34,38). The summed E-state index contributed by atoms with van der Waals surface area (Å²) in [6.07, 6.45) is 4.35. The van der Waals surface area contributed by atoms with Gasteiger partial charge >= 0.3 is 0 Å². The van der Waals surface area contributed by atoms with Crippen LogP contribution in [0.4, 0.5) is 5.69 Å². The first-order valence-corrected chi connectivity index (χ1v) is 15.9. The third kappa shape index (κ3) is 7.49. The molecule has 0 saturated heterocycles. The summed E-state index contributed by atoms with van der Waals surface area (Å²) in [5.41, 5.74) is 2.81. The Morgan fingerprint density at radius 1 is 0.976 bits per heavy atom. The summed E-state index contributed by atoms with van der Waals surface area (Å²) < 4.78 is 29.2. The average Bonchev–Trinajstić information content (AvgIpc) is 3.47. The highest BCUT2D eigenvalue weighted by Gasteiger charge is 2.35. The van der Waals surface area contributed by atoms with Crippen LogP contribution in [0.25, 0.3) is 0 Å². The number of halogens is 1. The lowest BCUT2D eigenvalue weighted by Crippen LogP contribution is -2.53. The fraction of sp³-hybridized carbons (Fsp3) is 0.375. The Hall–Kier alpha value is -3.36. The highest BCUT2D eigenvalue weighted by Crippen LogP contribution is 2.29. The van der Waals surface area contributed by atoms with E-state index in [1.165, 1.54) is 21.3 Å². The van der Waals surface area contributed by atoms with Crippen LogP contribution in [-0.4, -0.2) is 43.8 Å². The fourth-order valence-corrected chi connectivity index (χ4v) is 6.91. The van der Waals surface area contributed by atoms with Crippen LogP contribution in [0, 0.1) is 13.8 Å². The molecule has 1 atom stereocenters. The zero-order valence-corrected chi connectivity index (χ0v) is 25.4. The summed E-state index contributed by atoms with van der Waals surface area (Å²) in [5.74, 6) is -0.681. The Kier molecular flexibility index (Phi) is 10.1. The summed E-state index contributed by atoms with van der Waals surface area (Å²) >= 11 is 6.10. The average molecular weight is 596 g/mol. The third-order valence-electron chi connectivity index (χ3n) is 7.60. The van der Waals surface area contributed by atoms with E-state index >= 15 is 0 Å². The van der Waals surface area contributed by atoms with Crippen LogP contribution < -0.4 is 9.62 Å². The lowest BCUT2D eigenvalue weighted by molar-refractivity contribution is -0.140. The predicted molar refractivity (Wildman–Crippen MR) is 163 cm³/mol. The summed E-state index contributed by atoms with van der Waals surface area (Å²) in [6.45, 7) is 5.25. The zero-order valence-electron chi connectivity index (χ0n) is 23.8. The molecule has 41 heavy (non-hydrogen) atoms. The second kappa shape index (κ2) is 13.5. The van der Waals surface area contributed by atoms with E-state index in [-0.39, 0.29) is 23.4 Å². The number of nitrogens with zero attached hydrogens (tertiary/aromatic N) is 2. The molecule has 3 aromatic rings. The number of hydrogen-bond donors (Lipinski definition) is 1. The molecule has 1 fully saturated rings. The smallest absolute Gasteiger partial charge is 0.264 e. The number of benzene rings is 3. The van der Waals surface area contributed by atoms with Gasteiger partial charge in [0.15, 0.2) is 0 Å². The van der Waals surface area contributed by atoms with Crippen LogP contribution in [0.5, 0.6) is 0 Å². The van der Waals surface area contributed by atoms with Gasteiger partial charge < -0.3 is 10.2 Å². The van der Waals surface area contributed by atoms with Crippen molar-refractivity contribution in [3.8, 4) is 0 Å². The first-order chi connectivity index (χ1) is 19.6. The number of nitrogens with one attached hydrogen (secondary N) is 1. The molecule has 0 aliphatic heterocycles. The number of rotatable bonds is 11. The Morgan fingerprint density at radius 2 is 1.63 bits per heavy atom. The molecule has 1 N–H and O–H groups in total. The van der Waals surface area contributed by atoms with Gasteiger partial charge in [0.2, 0.25) is 11.8 Å². The maximum Gasteiger partial charge on any atom is 0.264 e. The van der Waals surface area contributed by atoms with Crippen molar-refractivity contribution in [1.82, 2.24) is 10.2 Å². The normalized spacial score (nSPS) is 14.4. The number of hydrogen-bond acceptors (Lipinski definition) is 4. The van der Waals surface area contributed by atoms with Crippen LogP contribution in [0.15, 0.2) is 77.7 Å². The van der Waals surface area contributed by atoms with E-state index in [0.29, 0.717) is 17.1 Å². The summed E-state index contributed by atoms with van der Waals surface area (Å²) in [7, 11) is -4.10. The van der Waals surface area contributed by atoms with Gasteiger partial charge in [0.05, 0.1) is 10.6 Å². The lowest BCUT2D eigenvalue weighted by Gasteiger charge is -2.34. The molecular weight excluding hydrogens is 558 g/mol. The van der Waals surface area contributed by atoms with Crippen molar-refractivity contribution in [2.45, 2.75) is 76.4 Å². The maximum atomic E-state index is 14.2. The van der Waals surface area contributed by atoms with Crippen molar-refractivity contribution in [1.29, 1.82) is 0 Å². The van der Waals surface area contributed by atoms with Crippen LogP contribution in [0.2, 0.25) is 5.02 Å². The SMILES string of the molecule is CCC(C(=O)NC1CCCC1)N(Cc1ccc(Cl)cc1)C(=O)CN(c1cc(C)ccc1C)S(=O)(=O)c1ccccc1. The van der Waals surface area contributed by atoms with Crippen molar-refractivity contribution in [3.05, 3.63) is 94.5 Å². The number of carbonyl (C=O) groups is 2. The first-order valence-electron chi connectivity index (χ1n) is 14.1. The molecule has 1 aliphatic rings. The molecule has 0 aromatic heterocycles. The molecule has 0 bridgehead atoms. The monoisotopic (exact) mass is 595 g/mol. The van der Waals surface area contributed by atoms with Gasteiger partial charge in [0.25, 0.3) is 10.0 Å². The van der Waals surface area contributed by atoms with Gasteiger partial charge in [-0.15, -0.1) is 0 Å². The summed E-state index contributed by atoms with van der Waals surface area (Å²) in [5, 5.41) is 3.69. The van der Waals surface area contributed by atoms with Gasteiger partial charge in [0.1, 0.15) is 12.6 Å². The molecular formula is C32H38ClN3O4S. The number of sulfonamides is 1. The lowest BCUT2D eigenvalue weighted by atomic mass is 10.1. The van der Waals surface area contributed by atoms with Crippen molar-refractivity contribution >= 4 is 39.1 Å². The second-order valence-electron chi connectivity index (χ2n) is 10.7. The maximum absolute atomic E-state index is 14.2. The molecule has 1 saturated carbocycles. The zero-order chi connectivity index (χ0) is 29.6. The van der Waals surface area contributed by atoms with Gasteiger partial charge in [-0.05, 0) is 80.1 Å². The molecule has 0 radical (unpaired) electrons. The minimum absolute atomic E-state index is 0.0870. The molecule has 3 aromatic carbocycles. The molecule has 2 amide bonds. The van der Waals surface area contributed by atoms with Gasteiger partial charge in [-0.1, -0.05) is 73.8 Å². The van der Waals surface area contributed by atoms with E-state index in [9.17, 15) is 18.0 Å². The molecule has 0 heterocycles. The van der Waals surface area contributed by atoms with Gasteiger partial charge in [0, 0.05) is 17.6 Å². The Morgan fingerprint density at radius 3 is 2.27 bits per heavy atom. The van der Waals surface area contributed by atoms with Crippen LogP contribution in [-0.2, 0) is 26.2 Å². The molecule has 218 valence electrons. The third-order valence-corrected chi connectivity index (χ3v) is 9.62. The molecule has 1 unspecified atom stereocenters. The van der Waals surface area contributed by atoms with E-state index in [4.69, 9.17) is 11.6 Å². The summed E-state index contributed by atoms with van der Waals surface area (Å²) in [4.78, 5) is 29.4. The van der Waals surface area contributed by atoms with Crippen molar-refractivity contribution in [3.63, 3.8) is 0 Å². The molecule has 1 aliphatic carbocycles. The quantitative estimate of drug-likeness (QED) is 0.294. The number of anilines is 1. The molecule has 9 heteroatoms. The van der Waals surface area contributed by atoms with Crippen LogP contribution in [0.3, 0.4) is 0 Å². The van der Waals surface area contributed by atoms with E-state index in [1.807, 2.05) is 45.0 Å². The fourth-order valence-electron chi connectivity index (χ4n) is 5.29. The number of amides is 2. The number of aryl methyl sites for hydroxylation is 2. The highest BCUT2D eigenvalue weighted by atomic mass is 35.5. The van der Waals surface area contributed by atoms with E-state index in [1.54, 1.807) is 36.4 Å². The highest BCUT2D eigenvalue weighted by molar-refractivity contribution is 7.92. The predicted octanol–water partition coefficient (Wildman–Crippen LogP) is 6.02. The van der Waals surface area contributed by atoms with Crippen molar-refractivity contribution < 1.29 is 18.0 Å². The topological polar surface area (TPSA) is 86.8 Å². The second-order valence-corrected chi connectivity index (χ2v) is 13.0. The molecule has 4 rings (SSSR count). The van der Waals surface area contributed by atoms with Gasteiger partial charge in [-0.3, -0.25) is 13.9 Å². The van der Waals surface area contributed by atoms with Crippen LogP contribution >= 0.6 is 11.6 Å². The van der Waals surface area contributed by atoms with Crippen molar-refractivity contribution in [2.24, 2.45) is 0 Å². The minimum Gasteiger partial charge on any atom is -0.352 e. The van der Waals surface area contributed by atoms with Crippen LogP contribution in [0.1, 0.15) is 55.7 Å². The molecule has 0 spiro atoms. The van der Waals surface area contributed by atoms with E-state index in [2.05, 4.69) is 5.32 Å². The largest absolute Gasteiger partial charge is 0.352 e. The Bertz CT molecular complexity index is 1460. The summed E-state index contributed by atoms with van der Waals surface area (Å²) in [6, 6.07) is 20.1. The Balaban J connectivity index is 1.73. The first kappa shape index (κ1) is 30.6. The van der Waals surface area contributed by atoms with Gasteiger partial charge in [-0.25, -0.2) is 8.42 Å². The molecule has 7 nitrogen and oxygen atoms in total. The van der Waals surface area contributed by atoms with Crippen molar-refractivity contribution in [2.75, 3.05) is 10.8 Å². The van der Waals surface area contributed by atoms with E-state index < -0.39 is 28.5 Å². The van der Waals surface area contributed by atoms with E-state index in [0.717, 1.165) is 42.4 Å².